The predicted molar refractivity (Wildman–Crippen MR) is 75.9 cm³/mol. The maximum atomic E-state index is 9.77. The molecule has 1 aromatic rings. The van der Waals surface area contributed by atoms with Crippen LogP contribution in [-0.2, 0) is 0 Å². The first-order chi connectivity index (χ1) is 8.30. The second-order valence-electron chi connectivity index (χ2n) is 4.74. The topological polar surface area (TPSA) is 32.3 Å². The summed E-state index contributed by atoms with van der Waals surface area (Å²) in [5, 5.41) is 15.5. The van der Waals surface area contributed by atoms with Crippen LogP contribution in [0.1, 0.15) is 26.2 Å². The summed E-state index contributed by atoms with van der Waals surface area (Å²) in [6.07, 6.45) is 3.66. The average Bonchev–Trinajstić information content (AvgIpc) is 3.08. The molecule has 17 heavy (non-hydrogen) atoms. The average molecular weight is 271 g/mol. The van der Waals surface area contributed by atoms with Gasteiger partial charge in [-0.05, 0) is 43.2 Å². The number of aliphatic hydroxyl groups is 1. The molecule has 2 N–H and O–H groups in total. The van der Waals surface area contributed by atoms with E-state index >= 15 is 0 Å². The first kappa shape index (κ1) is 13.4. The molecule has 1 aromatic heterocycles. The fourth-order valence-corrected chi connectivity index (χ4v) is 4.17. The molecule has 0 aromatic carbocycles. The lowest BCUT2D eigenvalue weighted by molar-refractivity contribution is 0.159. The van der Waals surface area contributed by atoms with Crippen molar-refractivity contribution < 1.29 is 5.11 Å². The van der Waals surface area contributed by atoms with E-state index in [1.165, 1.54) is 17.1 Å². The van der Waals surface area contributed by atoms with Crippen LogP contribution in [0.3, 0.4) is 0 Å². The Hall–Kier alpha value is -0.0300. The quantitative estimate of drug-likeness (QED) is 0.713. The van der Waals surface area contributed by atoms with E-state index in [9.17, 15) is 5.11 Å². The molecule has 0 aliphatic heterocycles. The van der Waals surface area contributed by atoms with Crippen LogP contribution in [0.15, 0.2) is 21.7 Å². The molecule has 0 bridgehead atoms. The summed E-state index contributed by atoms with van der Waals surface area (Å²) in [7, 11) is 0. The van der Waals surface area contributed by atoms with Gasteiger partial charge in [0.2, 0.25) is 0 Å². The Labute approximate surface area is 112 Å². The number of thiophene rings is 1. The molecule has 1 heterocycles. The van der Waals surface area contributed by atoms with Gasteiger partial charge in [0.05, 0.1) is 16.4 Å². The van der Waals surface area contributed by atoms with Crippen molar-refractivity contribution in [2.24, 2.45) is 5.92 Å². The highest BCUT2D eigenvalue weighted by molar-refractivity contribution is 8.01. The molecule has 2 nitrogen and oxygen atoms in total. The van der Waals surface area contributed by atoms with Crippen LogP contribution in [0, 0.1) is 5.92 Å². The highest BCUT2D eigenvalue weighted by Gasteiger charge is 2.44. The standard InChI is InChI=1S/C13H21NOS2/c1-2-7-14-13(9-15,11-5-6-11)10-17-12-4-3-8-16-12/h3-4,8,11,14-15H,2,5-7,9-10H2,1H3. The molecule has 2 rings (SSSR count). The Bertz CT molecular complexity index is 324. The van der Waals surface area contributed by atoms with Crippen LogP contribution < -0.4 is 5.32 Å². The molecule has 0 saturated heterocycles. The van der Waals surface area contributed by atoms with Crippen molar-refractivity contribution in [1.29, 1.82) is 0 Å². The third-order valence-corrected chi connectivity index (χ3v) is 5.72. The van der Waals surface area contributed by atoms with Crippen LogP contribution in [0.25, 0.3) is 0 Å². The van der Waals surface area contributed by atoms with E-state index < -0.39 is 0 Å². The van der Waals surface area contributed by atoms with Crippen molar-refractivity contribution in [3.8, 4) is 0 Å². The third-order valence-electron chi connectivity index (χ3n) is 3.34. The minimum absolute atomic E-state index is 0.0509. The number of thioether (sulfide) groups is 1. The molecule has 96 valence electrons. The van der Waals surface area contributed by atoms with Gasteiger partial charge in [0, 0.05) is 5.75 Å². The molecule has 1 aliphatic carbocycles. The lowest BCUT2D eigenvalue weighted by Crippen LogP contribution is -2.53. The number of hydrogen-bond donors (Lipinski definition) is 2. The Morgan fingerprint density at radius 1 is 1.59 bits per heavy atom. The summed E-state index contributed by atoms with van der Waals surface area (Å²) in [6, 6.07) is 4.24. The fraction of sp³-hybridized carbons (Fsp3) is 0.692. The summed E-state index contributed by atoms with van der Waals surface area (Å²) in [5.74, 6) is 1.65. The molecule has 1 fully saturated rings. The van der Waals surface area contributed by atoms with E-state index in [1.54, 1.807) is 11.3 Å². The molecule has 0 spiro atoms. The van der Waals surface area contributed by atoms with Gasteiger partial charge < -0.3 is 10.4 Å². The van der Waals surface area contributed by atoms with Gasteiger partial charge in [0.15, 0.2) is 0 Å². The Kier molecular flexibility index (Phi) is 4.91. The van der Waals surface area contributed by atoms with E-state index in [0.29, 0.717) is 5.92 Å². The van der Waals surface area contributed by atoms with Crippen LogP contribution in [-0.4, -0.2) is 29.5 Å². The van der Waals surface area contributed by atoms with Crippen molar-refractivity contribution in [3.63, 3.8) is 0 Å². The van der Waals surface area contributed by atoms with Crippen LogP contribution in [0.2, 0.25) is 0 Å². The molecule has 0 radical (unpaired) electrons. The highest BCUT2D eigenvalue weighted by atomic mass is 32.2. The maximum absolute atomic E-state index is 9.77. The van der Waals surface area contributed by atoms with Gasteiger partial charge in [-0.1, -0.05) is 13.0 Å². The fourth-order valence-electron chi connectivity index (χ4n) is 2.10. The Morgan fingerprint density at radius 2 is 2.41 bits per heavy atom. The summed E-state index contributed by atoms with van der Waals surface area (Å²) in [5.41, 5.74) is -0.0509. The minimum Gasteiger partial charge on any atom is -0.394 e. The van der Waals surface area contributed by atoms with Gasteiger partial charge >= 0.3 is 0 Å². The molecule has 1 saturated carbocycles. The summed E-state index contributed by atoms with van der Waals surface area (Å²) < 4.78 is 1.35. The molecule has 4 heteroatoms. The van der Waals surface area contributed by atoms with Crippen LogP contribution >= 0.6 is 23.1 Å². The van der Waals surface area contributed by atoms with E-state index in [0.717, 1.165) is 18.7 Å². The molecule has 1 atom stereocenters. The van der Waals surface area contributed by atoms with Crippen LogP contribution in [0.4, 0.5) is 0 Å². The normalized spacial score (nSPS) is 19.2. The lowest BCUT2D eigenvalue weighted by atomic mass is 9.96. The van der Waals surface area contributed by atoms with Gasteiger partial charge in [0.1, 0.15) is 0 Å². The first-order valence-corrected chi connectivity index (χ1v) is 8.19. The number of hydrogen-bond acceptors (Lipinski definition) is 4. The zero-order valence-corrected chi connectivity index (χ0v) is 11.9. The van der Waals surface area contributed by atoms with Crippen molar-refractivity contribution in [2.45, 2.75) is 35.9 Å². The molecule has 0 amide bonds. The van der Waals surface area contributed by atoms with E-state index in [1.807, 2.05) is 11.8 Å². The number of rotatable bonds is 8. The van der Waals surface area contributed by atoms with Gasteiger partial charge in [-0.15, -0.1) is 23.1 Å². The second kappa shape index (κ2) is 6.23. The molecule has 1 aliphatic rings. The third kappa shape index (κ3) is 3.47. The lowest BCUT2D eigenvalue weighted by Gasteiger charge is -2.33. The largest absolute Gasteiger partial charge is 0.394 e. The van der Waals surface area contributed by atoms with Crippen molar-refractivity contribution >= 4 is 23.1 Å². The maximum Gasteiger partial charge on any atom is 0.0624 e. The van der Waals surface area contributed by atoms with E-state index in [-0.39, 0.29) is 12.1 Å². The summed E-state index contributed by atoms with van der Waals surface area (Å²) in [6.45, 7) is 3.44. The highest BCUT2D eigenvalue weighted by Crippen LogP contribution is 2.42. The molecular formula is C13H21NOS2. The summed E-state index contributed by atoms with van der Waals surface area (Å²) >= 11 is 3.66. The van der Waals surface area contributed by atoms with E-state index in [2.05, 4.69) is 29.8 Å². The smallest absolute Gasteiger partial charge is 0.0624 e. The zero-order valence-electron chi connectivity index (χ0n) is 10.3. The monoisotopic (exact) mass is 271 g/mol. The van der Waals surface area contributed by atoms with Crippen molar-refractivity contribution in [1.82, 2.24) is 5.32 Å². The molecular weight excluding hydrogens is 250 g/mol. The first-order valence-electron chi connectivity index (χ1n) is 6.33. The second-order valence-corrected chi connectivity index (χ2v) is 6.96. The van der Waals surface area contributed by atoms with E-state index in [4.69, 9.17) is 0 Å². The van der Waals surface area contributed by atoms with Gasteiger partial charge in [-0.25, -0.2) is 0 Å². The zero-order chi connectivity index (χ0) is 12.1. The SMILES string of the molecule is CCCNC(CO)(CSc1cccs1)C1CC1. The van der Waals surface area contributed by atoms with Gasteiger partial charge in [-0.3, -0.25) is 0 Å². The van der Waals surface area contributed by atoms with Gasteiger partial charge in [-0.2, -0.15) is 0 Å². The Balaban J connectivity index is 1.94. The Morgan fingerprint density at radius 3 is 2.94 bits per heavy atom. The minimum atomic E-state index is -0.0509. The molecule has 1 unspecified atom stereocenters. The van der Waals surface area contributed by atoms with Crippen molar-refractivity contribution in [3.05, 3.63) is 17.5 Å². The number of aliphatic hydroxyl groups excluding tert-OH is 1. The summed E-state index contributed by atoms with van der Waals surface area (Å²) in [4.78, 5) is 0. The van der Waals surface area contributed by atoms with Crippen LogP contribution in [0.5, 0.6) is 0 Å². The number of nitrogens with one attached hydrogen (secondary N) is 1. The van der Waals surface area contributed by atoms with Crippen molar-refractivity contribution in [2.75, 3.05) is 18.9 Å². The van der Waals surface area contributed by atoms with Gasteiger partial charge in [0.25, 0.3) is 0 Å². The predicted octanol–water partition coefficient (Wildman–Crippen LogP) is 2.98.